The lowest BCUT2D eigenvalue weighted by molar-refractivity contribution is -0.193. The second-order valence-electron chi connectivity index (χ2n) is 4.65. The molecule has 2 aromatic heterocycles. The SMILES string of the molecule is O=C(OC(=O)C(F)(F)F)c1[nH]nnc1Oc1ccc2ccncc2c1. The number of nitrogens with one attached hydrogen (secondary N) is 1. The Bertz CT molecular complexity index is 954. The first-order chi connectivity index (χ1) is 11.8. The van der Waals surface area contributed by atoms with Gasteiger partial charge in [-0.2, -0.15) is 13.2 Å². The largest absolute Gasteiger partial charge is 0.491 e. The Morgan fingerprint density at radius 2 is 1.92 bits per heavy atom. The molecule has 1 N–H and O–H groups in total. The molecular formula is C14H7F3N4O4. The van der Waals surface area contributed by atoms with Crippen LogP contribution in [0.15, 0.2) is 36.7 Å². The molecule has 0 radical (unpaired) electrons. The lowest BCUT2D eigenvalue weighted by Gasteiger charge is -2.06. The van der Waals surface area contributed by atoms with Gasteiger partial charge in [0.1, 0.15) is 5.75 Å². The first-order valence-corrected chi connectivity index (χ1v) is 6.60. The molecule has 3 rings (SSSR count). The molecule has 0 fully saturated rings. The number of carbonyl (C=O) groups is 2. The van der Waals surface area contributed by atoms with E-state index in [0.717, 1.165) is 10.8 Å². The van der Waals surface area contributed by atoms with E-state index in [4.69, 9.17) is 4.74 Å². The monoisotopic (exact) mass is 352 g/mol. The molecule has 0 bridgehead atoms. The summed E-state index contributed by atoms with van der Waals surface area (Å²) in [6.45, 7) is 0. The average Bonchev–Trinajstić information content (AvgIpc) is 3.02. The molecule has 0 aliphatic rings. The van der Waals surface area contributed by atoms with Crippen molar-refractivity contribution in [3.63, 3.8) is 0 Å². The minimum absolute atomic E-state index is 0.227. The lowest BCUT2D eigenvalue weighted by atomic mass is 10.2. The molecule has 25 heavy (non-hydrogen) atoms. The number of benzene rings is 1. The van der Waals surface area contributed by atoms with Crippen LogP contribution in [-0.4, -0.2) is 38.5 Å². The summed E-state index contributed by atoms with van der Waals surface area (Å²) in [5.41, 5.74) is -0.635. The van der Waals surface area contributed by atoms with Crippen molar-refractivity contribution in [1.82, 2.24) is 20.4 Å². The molecule has 0 aliphatic heterocycles. The fraction of sp³-hybridized carbons (Fsp3) is 0.0714. The Hall–Kier alpha value is -3.50. The Labute approximate surface area is 136 Å². The summed E-state index contributed by atoms with van der Waals surface area (Å²) < 4.78 is 45.4. The van der Waals surface area contributed by atoms with Gasteiger partial charge in [0.2, 0.25) is 5.69 Å². The molecule has 0 unspecified atom stereocenters. The number of ether oxygens (including phenoxy) is 2. The molecule has 0 aliphatic carbocycles. The van der Waals surface area contributed by atoms with Crippen LogP contribution in [0.5, 0.6) is 11.6 Å². The van der Waals surface area contributed by atoms with Gasteiger partial charge in [-0.15, -0.1) is 0 Å². The summed E-state index contributed by atoms with van der Waals surface area (Å²) in [5, 5.41) is 10.3. The highest BCUT2D eigenvalue weighted by molar-refractivity contribution is 5.98. The zero-order chi connectivity index (χ0) is 18.0. The minimum Gasteiger partial charge on any atom is -0.436 e. The third kappa shape index (κ3) is 3.54. The predicted molar refractivity (Wildman–Crippen MR) is 74.7 cm³/mol. The lowest BCUT2D eigenvalue weighted by Crippen LogP contribution is -2.28. The quantitative estimate of drug-likeness (QED) is 0.570. The van der Waals surface area contributed by atoms with Crippen LogP contribution < -0.4 is 4.74 Å². The van der Waals surface area contributed by atoms with E-state index >= 15 is 0 Å². The van der Waals surface area contributed by atoms with E-state index in [1.54, 1.807) is 36.7 Å². The number of halogens is 3. The van der Waals surface area contributed by atoms with Crippen molar-refractivity contribution in [3.8, 4) is 11.6 Å². The zero-order valence-corrected chi connectivity index (χ0v) is 12.1. The highest BCUT2D eigenvalue weighted by Crippen LogP contribution is 2.26. The maximum absolute atomic E-state index is 12.1. The molecule has 0 saturated heterocycles. The van der Waals surface area contributed by atoms with E-state index < -0.39 is 29.7 Å². The molecule has 3 aromatic rings. The molecule has 1 aromatic carbocycles. The molecule has 0 atom stereocenters. The number of alkyl halides is 3. The van der Waals surface area contributed by atoms with Gasteiger partial charge in [-0.3, -0.25) is 4.98 Å². The van der Waals surface area contributed by atoms with Gasteiger partial charge in [-0.25, -0.2) is 14.7 Å². The molecule has 11 heteroatoms. The topological polar surface area (TPSA) is 107 Å². The molecule has 0 spiro atoms. The molecule has 0 amide bonds. The molecular weight excluding hydrogens is 345 g/mol. The van der Waals surface area contributed by atoms with Crippen molar-refractivity contribution in [2.24, 2.45) is 0 Å². The number of aromatic amines is 1. The van der Waals surface area contributed by atoms with Gasteiger partial charge < -0.3 is 9.47 Å². The summed E-state index contributed by atoms with van der Waals surface area (Å²) >= 11 is 0. The predicted octanol–water partition coefficient (Wildman–Crippen LogP) is 2.39. The fourth-order valence-electron chi connectivity index (χ4n) is 1.85. The number of fused-ring (bicyclic) bond motifs is 1. The second kappa shape index (κ2) is 6.19. The van der Waals surface area contributed by atoms with Crippen molar-refractivity contribution in [3.05, 3.63) is 42.4 Å². The van der Waals surface area contributed by atoms with Crippen LogP contribution in [0.2, 0.25) is 0 Å². The highest BCUT2D eigenvalue weighted by Gasteiger charge is 2.43. The number of esters is 2. The van der Waals surface area contributed by atoms with E-state index in [-0.39, 0.29) is 5.75 Å². The normalized spacial score (nSPS) is 11.3. The van der Waals surface area contributed by atoms with Crippen LogP contribution >= 0.6 is 0 Å². The van der Waals surface area contributed by atoms with E-state index in [1.807, 2.05) is 5.10 Å². The van der Waals surface area contributed by atoms with Gasteiger partial charge in [0.25, 0.3) is 5.88 Å². The maximum Gasteiger partial charge on any atom is 0.491 e. The molecule has 128 valence electrons. The van der Waals surface area contributed by atoms with Crippen LogP contribution in [0.1, 0.15) is 10.5 Å². The third-order valence-electron chi connectivity index (χ3n) is 2.96. The zero-order valence-electron chi connectivity index (χ0n) is 12.1. The minimum atomic E-state index is -5.31. The number of H-pyrrole nitrogens is 1. The van der Waals surface area contributed by atoms with Gasteiger partial charge in [-0.1, -0.05) is 16.4 Å². The molecule has 0 saturated carbocycles. The fourth-order valence-corrected chi connectivity index (χ4v) is 1.85. The highest BCUT2D eigenvalue weighted by atomic mass is 19.4. The van der Waals surface area contributed by atoms with Crippen LogP contribution in [0.4, 0.5) is 13.2 Å². The second-order valence-corrected chi connectivity index (χ2v) is 4.65. The van der Waals surface area contributed by atoms with Crippen molar-refractivity contribution in [1.29, 1.82) is 0 Å². The van der Waals surface area contributed by atoms with E-state index in [2.05, 4.69) is 20.0 Å². The van der Waals surface area contributed by atoms with Gasteiger partial charge in [0.05, 0.1) is 0 Å². The maximum atomic E-state index is 12.1. The Kier molecular flexibility index (Phi) is 4.05. The Morgan fingerprint density at radius 1 is 1.12 bits per heavy atom. The third-order valence-corrected chi connectivity index (χ3v) is 2.96. The number of nitrogens with zero attached hydrogens (tertiary/aromatic N) is 3. The van der Waals surface area contributed by atoms with Crippen molar-refractivity contribution in [2.75, 3.05) is 0 Å². The van der Waals surface area contributed by atoms with E-state index in [0.29, 0.717) is 0 Å². The smallest absolute Gasteiger partial charge is 0.436 e. The number of hydrogen-bond donors (Lipinski definition) is 1. The van der Waals surface area contributed by atoms with Gasteiger partial charge >= 0.3 is 18.1 Å². The van der Waals surface area contributed by atoms with Crippen LogP contribution in [0.3, 0.4) is 0 Å². The van der Waals surface area contributed by atoms with Crippen molar-refractivity contribution in [2.45, 2.75) is 6.18 Å². The molecule has 2 heterocycles. The summed E-state index contributed by atoms with van der Waals surface area (Å²) in [7, 11) is 0. The van der Waals surface area contributed by atoms with Gasteiger partial charge in [0.15, 0.2) is 0 Å². The van der Waals surface area contributed by atoms with Crippen LogP contribution in [0.25, 0.3) is 10.8 Å². The van der Waals surface area contributed by atoms with E-state index in [1.165, 1.54) is 0 Å². The van der Waals surface area contributed by atoms with Crippen LogP contribution in [0, 0.1) is 0 Å². The average molecular weight is 352 g/mol. The summed E-state index contributed by atoms with van der Waals surface area (Å²) in [6.07, 6.45) is -2.14. The summed E-state index contributed by atoms with van der Waals surface area (Å²) in [6, 6.07) is 6.60. The number of pyridine rings is 1. The van der Waals surface area contributed by atoms with E-state index in [9.17, 15) is 22.8 Å². The summed E-state index contributed by atoms with van der Waals surface area (Å²) in [5.74, 6) is -4.49. The number of hydrogen-bond acceptors (Lipinski definition) is 7. The Balaban J connectivity index is 1.81. The first-order valence-electron chi connectivity index (χ1n) is 6.60. The first kappa shape index (κ1) is 16.4. The number of carbonyl (C=O) groups excluding carboxylic acids is 2. The Morgan fingerprint density at radius 3 is 2.68 bits per heavy atom. The number of aromatic nitrogens is 4. The van der Waals surface area contributed by atoms with Gasteiger partial charge in [0, 0.05) is 17.8 Å². The van der Waals surface area contributed by atoms with Gasteiger partial charge in [-0.05, 0) is 23.6 Å². The van der Waals surface area contributed by atoms with Crippen molar-refractivity contribution >= 4 is 22.7 Å². The number of rotatable bonds is 3. The molecule has 8 nitrogen and oxygen atoms in total. The standard InChI is InChI=1S/C14H7F3N4O4/c15-14(16,17)13(23)25-12(22)10-11(20-21-19-10)24-9-2-1-7-3-4-18-6-8(7)5-9/h1-6H,(H,19,20,21). The summed E-state index contributed by atoms with van der Waals surface area (Å²) in [4.78, 5) is 26.3. The van der Waals surface area contributed by atoms with Crippen LogP contribution in [-0.2, 0) is 9.53 Å². The van der Waals surface area contributed by atoms with Crippen molar-refractivity contribution < 1.29 is 32.2 Å².